The van der Waals surface area contributed by atoms with Gasteiger partial charge in [0.25, 0.3) is 5.69 Å². The monoisotopic (exact) mass is 499 g/mol. The lowest BCUT2D eigenvalue weighted by molar-refractivity contribution is -0.385. The van der Waals surface area contributed by atoms with Crippen molar-refractivity contribution in [2.75, 3.05) is 13.7 Å². The van der Waals surface area contributed by atoms with E-state index < -0.39 is 0 Å². The Morgan fingerprint density at radius 1 is 1.22 bits per heavy atom. The van der Waals surface area contributed by atoms with E-state index in [0.717, 1.165) is 64.7 Å². The van der Waals surface area contributed by atoms with Crippen LogP contribution in [0.3, 0.4) is 0 Å². The van der Waals surface area contributed by atoms with Gasteiger partial charge < -0.3 is 10.1 Å². The summed E-state index contributed by atoms with van der Waals surface area (Å²) in [5.41, 5.74) is 5.43. The summed E-state index contributed by atoms with van der Waals surface area (Å²) < 4.78 is 5.43. The van der Waals surface area contributed by atoms with Crippen LogP contribution in [0.2, 0.25) is 0 Å². The third-order valence-corrected chi connectivity index (χ3v) is 8.22. The highest BCUT2D eigenvalue weighted by Gasteiger charge is 2.40. The van der Waals surface area contributed by atoms with Gasteiger partial charge in [-0.15, -0.1) is 0 Å². The number of methoxy groups -OCH3 is 1. The van der Waals surface area contributed by atoms with Crippen molar-refractivity contribution in [3.8, 4) is 11.8 Å². The topological polar surface area (TPSA) is 104 Å². The molecule has 0 spiro atoms. The lowest BCUT2D eigenvalue weighted by atomic mass is 9.95. The first kappa shape index (κ1) is 25.1. The second-order valence-corrected chi connectivity index (χ2v) is 10.4. The molecule has 8 heteroatoms. The van der Waals surface area contributed by atoms with Crippen LogP contribution in [0.25, 0.3) is 10.9 Å². The SMILES string of the molecule is COc1ccc2ncc(C#N)c(CCN3C4CC[C@@H]3CC(NCc3cc(C)cc([N+](=O)[O-])c3C)C4)c2c1. The summed E-state index contributed by atoms with van der Waals surface area (Å²) in [4.78, 5) is 18.2. The van der Waals surface area contributed by atoms with Crippen molar-refractivity contribution in [3.05, 3.63) is 74.5 Å². The summed E-state index contributed by atoms with van der Waals surface area (Å²) in [6.07, 6.45) is 7.00. The fourth-order valence-electron chi connectivity index (χ4n) is 6.31. The number of nitrogens with one attached hydrogen (secondary N) is 1. The van der Waals surface area contributed by atoms with Gasteiger partial charge in [0.15, 0.2) is 0 Å². The number of aromatic nitrogens is 1. The minimum absolute atomic E-state index is 0.199. The molecule has 0 saturated carbocycles. The van der Waals surface area contributed by atoms with E-state index in [1.807, 2.05) is 32.0 Å². The van der Waals surface area contributed by atoms with Crippen molar-refractivity contribution in [1.82, 2.24) is 15.2 Å². The number of hydrogen-bond donors (Lipinski definition) is 1. The average molecular weight is 500 g/mol. The molecular weight excluding hydrogens is 466 g/mol. The van der Waals surface area contributed by atoms with Gasteiger partial charge >= 0.3 is 0 Å². The van der Waals surface area contributed by atoms with Gasteiger partial charge in [0.1, 0.15) is 11.8 Å². The molecule has 2 aliphatic rings. The first-order valence-corrected chi connectivity index (χ1v) is 13.0. The number of piperidine rings is 1. The zero-order valence-electron chi connectivity index (χ0n) is 21.7. The highest BCUT2D eigenvalue weighted by atomic mass is 16.6. The van der Waals surface area contributed by atoms with Gasteiger partial charge in [-0.2, -0.15) is 5.26 Å². The minimum Gasteiger partial charge on any atom is -0.497 e. The van der Waals surface area contributed by atoms with Crippen LogP contribution in [0, 0.1) is 35.3 Å². The number of aryl methyl sites for hydroxylation is 1. The number of ether oxygens (including phenoxy) is 1. The second kappa shape index (κ2) is 10.4. The van der Waals surface area contributed by atoms with Gasteiger partial charge in [-0.25, -0.2) is 0 Å². The molecule has 1 N–H and O–H groups in total. The third kappa shape index (κ3) is 5.02. The standard InChI is InChI=1S/C29H33N5O3/c1-18-10-20(19(2)29(11-18)34(35)36)16-31-22-12-23-4-5-24(13-22)33(23)9-8-26-21(15-30)17-32-28-7-6-25(37-3)14-27(26)28/h6-7,10-11,14,17,22-24,31H,4-5,8-9,12-13,16H2,1-3H3/t22?,23-,24?/m1/s1. The number of nitro benzene ring substituents is 1. The fourth-order valence-corrected chi connectivity index (χ4v) is 6.31. The van der Waals surface area contributed by atoms with Crippen LogP contribution in [0.1, 0.15) is 53.5 Å². The van der Waals surface area contributed by atoms with Gasteiger partial charge in [-0.1, -0.05) is 6.07 Å². The zero-order chi connectivity index (χ0) is 26.1. The van der Waals surface area contributed by atoms with Crippen molar-refractivity contribution in [2.24, 2.45) is 0 Å². The Kier molecular flexibility index (Phi) is 7.09. The Labute approximate surface area is 217 Å². The number of rotatable bonds is 8. The molecule has 0 aliphatic carbocycles. The van der Waals surface area contributed by atoms with Crippen molar-refractivity contribution in [1.29, 1.82) is 5.26 Å². The van der Waals surface area contributed by atoms with Crippen LogP contribution in [0.15, 0.2) is 36.5 Å². The van der Waals surface area contributed by atoms with E-state index in [1.165, 1.54) is 12.8 Å². The summed E-state index contributed by atoms with van der Waals surface area (Å²) >= 11 is 0. The molecule has 5 rings (SSSR count). The quantitative estimate of drug-likeness (QED) is 0.345. The van der Waals surface area contributed by atoms with Crippen LogP contribution in [0.5, 0.6) is 5.75 Å². The number of fused-ring (bicyclic) bond motifs is 3. The van der Waals surface area contributed by atoms with E-state index in [0.29, 0.717) is 30.2 Å². The number of hydrogen-bond acceptors (Lipinski definition) is 7. The van der Waals surface area contributed by atoms with Gasteiger partial charge in [0, 0.05) is 54.4 Å². The predicted octanol–water partition coefficient (Wildman–Crippen LogP) is 4.97. The van der Waals surface area contributed by atoms with E-state index in [2.05, 4.69) is 27.3 Å². The smallest absolute Gasteiger partial charge is 0.272 e. The van der Waals surface area contributed by atoms with E-state index in [-0.39, 0.29) is 10.6 Å². The summed E-state index contributed by atoms with van der Waals surface area (Å²) in [7, 11) is 1.65. The molecule has 3 aromatic rings. The number of nitrogens with zero attached hydrogens (tertiary/aromatic N) is 4. The van der Waals surface area contributed by atoms with Crippen LogP contribution in [0.4, 0.5) is 5.69 Å². The number of nitriles is 1. The molecule has 2 fully saturated rings. The van der Waals surface area contributed by atoms with Gasteiger partial charge in [-0.3, -0.25) is 20.0 Å². The summed E-state index contributed by atoms with van der Waals surface area (Å²) in [6.45, 7) is 5.31. The molecule has 8 nitrogen and oxygen atoms in total. The van der Waals surface area contributed by atoms with Gasteiger partial charge in [-0.05, 0) is 80.8 Å². The van der Waals surface area contributed by atoms with E-state index in [9.17, 15) is 15.4 Å². The molecule has 3 heterocycles. The Morgan fingerprint density at radius 3 is 2.65 bits per heavy atom. The first-order valence-electron chi connectivity index (χ1n) is 13.0. The second-order valence-electron chi connectivity index (χ2n) is 10.4. The summed E-state index contributed by atoms with van der Waals surface area (Å²) in [5, 5.41) is 25.9. The minimum atomic E-state index is -0.287. The molecule has 0 amide bonds. The average Bonchev–Trinajstić information content (AvgIpc) is 3.13. The molecule has 1 aromatic heterocycles. The Morgan fingerprint density at radius 2 is 1.97 bits per heavy atom. The largest absolute Gasteiger partial charge is 0.497 e. The van der Waals surface area contributed by atoms with Crippen molar-refractivity contribution >= 4 is 16.6 Å². The van der Waals surface area contributed by atoms with E-state index in [1.54, 1.807) is 19.4 Å². The molecule has 0 radical (unpaired) electrons. The van der Waals surface area contributed by atoms with Crippen molar-refractivity contribution < 1.29 is 9.66 Å². The molecule has 3 atom stereocenters. The summed E-state index contributed by atoms with van der Waals surface area (Å²) in [6, 6.07) is 13.3. The van der Waals surface area contributed by atoms with Crippen LogP contribution >= 0.6 is 0 Å². The molecule has 37 heavy (non-hydrogen) atoms. The maximum absolute atomic E-state index is 11.4. The van der Waals surface area contributed by atoms with Crippen LogP contribution < -0.4 is 10.1 Å². The maximum atomic E-state index is 11.4. The molecule has 2 aliphatic heterocycles. The molecule has 192 valence electrons. The lowest BCUT2D eigenvalue weighted by Crippen LogP contribution is -2.49. The third-order valence-electron chi connectivity index (χ3n) is 8.22. The predicted molar refractivity (Wildman–Crippen MR) is 143 cm³/mol. The maximum Gasteiger partial charge on any atom is 0.272 e. The van der Waals surface area contributed by atoms with E-state index >= 15 is 0 Å². The molecule has 2 bridgehead atoms. The van der Waals surface area contributed by atoms with Gasteiger partial charge in [0.05, 0.1) is 23.1 Å². The molecule has 2 saturated heterocycles. The molecular formula is C29H33N5O3. The first-order chi connectivity index (χ1) is 17.9. The highest BCUT2D eigenvalue weighted by Crippen LogP contribution is 2.37. The van der Waals surface area contributed by atoms with Crippen LogP contribution in [-0.4, -0.2) is 46.6 Å². The molecule has 2 aromatic carbocycles. The van der Waals surface area contributed by atoms with Crippen molar-refractivity contribution in [2.45, 2.75) is 70.6 Å². The highest BCUT2D eigenvalue weighted by molar-refractivity contribution is 5.85. The number of nitro groups is 1. The number of pyridine rings is 1. The Hall–Kier alpha value is -3.54. The van der Waals surface area contributed by atoms with E-state index in [4.69, 9.17) is 4.74 Å². The fraction of sp³-hybridized carbons (Fsp3) is 0.448. The Bertz CT molecular complexity index is 1370. The normalized spacial score (nSPS) is 21.2. The van der Waals surface area contributed by atoms with Crippen molar-refractivity contribution in [3.63, 3.8) is 0 Å². The van der Waals surface area contributed by atoms with Gasteiger partial charge in [0.2, 0.25) is 0 Å². The number of benzene rings is 2. The molecule has 2 unspecified atom stereocenters. The summed E-state index contributed by atoms with van der Waals surface area (Å²) in [5.74, 6) is 0.770. The Balaban J connectivity index is 1.26. The zero-order valence-corrected chi connectivity index (χ0v) is 21.7. The van der Waals surface area contributed by atoms with Crippen LogP contribution in [-0.2, 0) is 13.0 Å². The lowest BCUT2D eigenvalue weighted by Gasteiger charge is -2.39.